The molecule has 1 aliphatic rings. The van der Waals surface area contributed by atoms with Crippen LogP contribution in [0.1, 0.15) is 11.3 Å². The van der Waals surface area contributed by atoms with Gasteiger partial charge in [-0.1, -0.05) is 6.07 Å². The van der Waals surface area contributed by atoms with Gasteiger partial charge in [0.15, 0.2) is 0 Å². The van der Waals surface area contributed by atoms with Crippen molar-refractivity contribution in [3.63, 3.8) is 0 Å². The average molecular weight is 453 g/mol. The fraction of sp³-hybridized carbons (Fsp3) is 0.174. The predicted molar refractivity (Wildman–Crippen MR) is 119 cm³/mol. The average Bonchev–Trinajstić information content (AvgIpc) is 3.38. The van der Waals surface area contributed by atoms with E-state index in [1.807, 2.05) is 17.5 Å². The Morgan fingerprint density at radius 3 is 2.44 bits per heavy atom. The second-order valence-electron chi connectivity index (χ2n) is 7.14. The van der Waals surface area contributed by atoms with Gasteiger partial charge in [-0.15, -0.1) is 11.3 Å². The second-order valence-corrected chi connectivity index (χ2v) is 8.17. The fourth-order valence-corrected chi connectivity index (χ4v) is 4.18. The van der Waals surface area contributed by atoms with Crippen molar-refractivity contribution in [2.24, 2.45) is 0 Å². The van der Waals surface area contributed by atoms with E-state index < -0.39 is 29.7 Å². The smallest absolute Gasteiger partial charge is 0.332 e. The van der Waals surface area contributed by atoms with Crippen molar-refractivity contribution in [1.82, 2.24) is 4.90 Å². The summed E-state index contributed by atoms with van der Waals surface area (Å²) < 4.78 is 18.4. The molecule has 0 unspecified atom stereocenters. The van der Waals surface area contributed by atoms with Crippen molar-refractivity contribution < 1.29 is 23.5 Å². The minimum absolute atomic E-state index is 0.195. The fourth-order valence-electron chi connectivity index (χ4n) is 3.47. The van der Waals surface area contributed by atoms with Gasteiger partial charge in [-0.05, 0) is 60.0 Å². The highest BCUT2D eigenvalue weighted by atomic mass is 32.1. The van der Waals surface area contributed by atoms with E-state index in [-0.39, 0.29) is 18.7 Å². The molecule has 1 aromatic heterocycles. The third kappa shape index (κ3) is 4.47. The van der Waals surface area contributed by atoms with Gasteiger partial charge in [0.05, 0.1) is 25.8 Å². The van der Waals surface area contributed by atoms with E-state index in [9.17, 15) is 18.8 Å². The molecule has 2 heterocycles. The molecule has 4 amide bonds. The van der Waals surface area contributed by atoms with Crippen molar-refractivity contribution in [2.45, 2.75) is 19.0 Å². The summed E-state index contributed by atoms with van der Waals surface area (Å²) in [7, 11) is 1.55. The van der Waals surface area contributed by atoms with Crippen LogP contribution in [0, 0.1) is 5.82 Å². The maximum atomic E-state index is 13.3. The van der Waals surface area contributed by atoms with Gasteiger partial charge in [0.25, 0.3) is 5.91 Å². The summed E-state index contributed by atoms with van der Waals surface area (Å²) in [5.41, 5.74) is 0.809. The first-order chi connectivity index (χ1) is 15.5. The Labute approximate surface area is 188 Å². The Kier molecular flexibility index (Phi) is 6.18. The van der Waals surface area contributed by atoms with Crippen LogP contribution in [0.2, 0.25) is 0 Å². The van der Waals surface area contributed by atoms with E-state index in [2.05, 4.69) is 5.32 Å². The molecule has 7 nitrogen and oxygen atoms in total. The molecular weight excluding hydrogens is 433 g/mol. The van der Waals surface area contributed by atoms with Gasteiger partial charge in [0, 0.05) is 10.6 Å². The summed E-state index contributed by atoms with van der Waals surface area (Å²) in [6.45, 7) is 0.195. The number of halogens is 1. The molecule has 32 heavy (non-hydrogen) atoms. The lowest BCUT2D eigenvalue weighted by Crippen LogP contribution is -2.37. The Morgan fingerprint density at radius 1 is 1.09 bits per heavy atom. The summed E-state index contributed by atoms with van der Waals surface area (Å²) in [5, 5.41) is 4.62. The Bertz CT molecular complexity index is 1120. The van der Waals surface area contributed by atoms with Crippen molar-refractivity contribution >= 4 is 40.6 Å². The van der Waals surface area contributed by atoms with E-state index in [4.69, 9.17) is 4.74 Å². The number of anilines is 2. The lowest BCUT2D eigenvalue weighted by molar-refractivity contribution is -0.124. The van der Waals surface area contributed by atoms with Crippen LogP contribution in [0.4, 0.5) is 20.6 Å². The number of thiophene rings is 1. The Hall–Kier alpha value is -3.72. The molecule has 1 atom stereocenters. The molecule has 0 aliphatic carbocycles. The third-order valence-corrected chi connectivity index (χ3v) is 5.92. The van der Waals surface area contributed by atoms with Gasteiger partial charge in [-0.2, -0.15) is 0 Å². The highest BCUT2D eigenvalue weighted by molar-refractivity contribution is 7.09. The number of carbonyl (C=O) groups is 3. The molecule has 4 rings (SSSR count). The number of imide groups is 1. The van der Waals surface area contributed by atoms with E-state index in [1.54, 1.807) is 31.4 Å². The van der Waals surface area contributed by atoms with Crippen LogP contribution in [0.3, 0.4) is 0 Å². The molecule has 0 bridgehead atoms. The minimum atomic E-state index is -0.979. The van der Waals surface area contributed by atoms with Gasteiger partial charge >= 0.3 is 6.03 Å². The van der Waals surface area contributed by atoms with Crippen LogP contribution in [0.15, 0.2) is 66.0 Å². The van der Waals surface area contributed by atoms with Crippen LogP contribution < -0.4 is 15.0 Å². The molecule has 164 valence electrons. The van der Waals surface area contributed by atoms with E-state index in [0.717, 1.165) is 9.78 Å². The summed E-state index contributed by atoms with van der Waals surface area (Å²) in [5.74, 6) is -0.753. The predicted octanol–water partition coefficient (Wildman–Crippen LogP) is 4.26. The van der Waals surface area contributed by atoms with Crippen LogP contribution in [-0.2, 0) is 16.1 Å². The zero-order chi connectivity index (χ0) is 22.7. The standard InChI is InChI=1S/C23H20FN3O4S/c1-31-18-10-6-16(7-11-18)25-21(28)13-20-22(29)27(17-8-4-15(24)5-9-17)23(30)26(20)14-19-3-2-12-32-19/h2-12,20H,13-14H2,1H3,(H,25,28)/t20-/m1/s1. The molecule has 0 saturated carbocycles. The largest absolute Gasteiger partial charge is 0.497 e. The van der Waals surface area contributed by atoms with Crippen molar-refractivity contribution in [2.75, 3.05) is 17.3 Å². The first-order valence-electron chi connectivity index (χ1n) is 9.82. The number of urea groups is 1. The molecule has 1 N–H and O–H groups in total. The third-order valence-electron chi connectivity index (χ3n) is 5.06. The number of nitrogens with zero attached hydrogens (tertiary/aromatic N) is 2. The zero-order valence-electron chi connectivity index (χ0n) is 17.2. The molecule has 1 fully saturated rings. The van der Waals surface area contributed by atoms with Gasteiger partial charge in [0.1, 0.15) is 17.6 Å². The molecule has 1 saturated heterocycles. The van der Waals surface area contributed by atoms with Gasteiger partial charge in [-0.3, -0.25) is 9.59 Å². The number of ether oxygens (including phenoxy) is 1. The molecular formula is C23H20FN3O4S. The maximum absolute atomic E-state index is 13.3. The topological polar surface area (TPSA) is 79.0 Å². The van der Waals surface area contributed by atoms with E-state index >= 15 is 0 Å². The van der Waals surface area contributed by atoms with Gasteiger partial charge < -0.3 is 15.0 Å². The first kappa shape index (κ1) is 21.5. The number of hydrogen-bond acceptors (Lipinski definition) is 5. The minimum Gasteiger partial charge on any atom is -0.497 e. The van der Waals surface area contributed by atoms with Crippen LogP contribution in [-0.4, -0.2) is 35.9 Å². The summed E-state index contributed by atoms with van der Waals surface area (Å²) >= 11 is 1.45. The Balaban J connectivity index is 1.56. The molecule has 3 aromatic rings. The normalized spacial score (nSPS) is 15.9. The number of rotatable bonds is 7. The molecule has 9 heteroatoms. The molecule has 0 spiro atoms. The number of hydrogen-bond donors (Lipinski definition) is 1. The SMILES string of the molecule is COc1ccc(NC(=O)C[C@@H]2C(=O)N(c3ccc(F)cc3)C(=O)N2Cc2cccs2)cc1. The summed E-state index contributed by atoms with van der Waals surface area (Å²) in [6.07, 6.45) is -0.209. The number of methoxy groups -OCH3 is 1. The van der Waals surface area contributed by atoms with E-state index in [0.29, 0.717) is 11.4 Å². The number of nitrogens with one attached hydrogen (secondary N) is 1. The quantitative estimate of drug-likeness (QED) is 0.542. The summed E-state index contributed by atoms with van der Waals surface area (Å²) in [6, 6.07) is 14.1. The van der Waals surface area contributed by atoms with Crippen molar-refractivity contribution in [3.8, 4) is 5.75 Å². The number of amides is 4. The number of benzene rings is 2. The van der Waals surface area contributed by atoms with Crippen LogP contribution in [0.25, 0.3) is 0 Å². The number of carbonyl (C=O) groups excluding carboxylic acids is 3. The van der Waals surface area contributed by atoms with Crippen molar-refractivity contribution in [1.29, 1.82) is 0 Å². The second kappa shape index (κ2) is 9.19. The summed E-state index contributed by atoms with van der Waals surface area (Å²) in [4.78, 5) is 42.3. The maximum Gasteiger partial charge on any atom is 0.332 e. The first-order valence-corrected chi connectivity index (χ1v) is 10.7. The lowest BCUT2D eigenvalue weighted by Gasteiger charge is -2.21. The van der Waals surface area contributed by atoms with E-state index in [1.165, 1.54) is 40.5 Å². The van der Waals surface area contributed by atoms with Crippen LogP contribution >= 0.6 is 11.3 Å². The monoisotopic (exact) mass is 453 g/mol. The van der Waals surface area contributed by atoms with Crippen molar-refractivity contribution in [3.05, 3.63) is 76.7 Å². The highest BCUT2D eigenvalue weighted by Crippen LogP contribution is 2.29. The van der Waals surface area contributed by atoms with Gasteiger partial charge in [0.2, 0.25) is 5.91 Å². The van der Waals surface area contributed by atoms with Gasteiger partial charge in [-0.25, -0.2) is 14.1 Å². The zero-order valence-corrected chi connectivity index (χ0v) is 18.0. The highest BCUT2D eigenvalue weighted by Gasteiger charge is 2.46. The molecule has 0 radical (unpaired) electrons. The molecule has 1 aliphatic heterocycles. The lowest BCUT2D eigenvalue weighted by atomic mass is 10.1. The molecule has 2 aromatic carbocycles. The van der Waals surface area contributed by atoms with Crippen LogP contribution in [0.5, 0.6) is 5.75 Å². The Morgan fingerprint density at radius 2 is 1.81 bits per heavy atom.